The quantitative estimate of drug-likeness (QED) is 0.164. The number of carboxylic acid groups (broad SMARTS) is 1. The molecule has 0 radical (unpaired) electrons. The number of carbonyl (C=O) groups excluding carboxylic acids is 3. The van der Waals surface area contributed by atoms with E-state index >= 15 is 0 Å². The Kier molecular flexibility index (Phi) is 7.21. The summed E-state index contributed by atoms with van der Waals surface area (Å²) in [4.78, 5) is 59.0. The van der Waals surface area contributed by atoms with Gasteiger partial charge in [-0.3, -0.25) is 19.3 Å². The van der Waals surface area contributed by atoms with E-state index in [0.717, 1.165) is 24.2 Å². The third kappa shape index (κ3) is 5.15. The number of hydrogen-bond donors (Lipinski definition) is 3. The molecule has 2 aliphatic heterocycles. The molecular formula is C18H15Br2N5O6S2. The number of carboxylic acids is 1. The van der Waals surface area contributed by atoms with Crippen molar-refractivity contribution in [1.29, 1.82) is 0 Å². The van der Waals surface area contributed by atoms with Crippen LogP contribution in [0.2, 0.25) is 0 Å². The number of oxime groups is 1. The number of aliphatic carboxylic acids is 1. The van der Waals surface area contributed by atoms with Crippen LogP contribution >= 0.6 is 55.0 Å². The Labute approximate surface area is 211 Å². The number of thiazole rings is 1. The van der Waals surface area contributed by atoms with Gasteiger partial charge < -0.3 is 20.6 Å². The van der Waals surface area contributed by atoms with Crippen molar-refractivity contribution < 1.29 is 29.1 Å². The third-order valence-electron chi connectivity index (χ3n) is 4.73. The van der Waals surface area contributed by atoms with Gasteiger partial charge in [-0.25, -0.2) is 9.78 Å². The number of nitrogens with zero attached hydrogens (tertiary/aromatic N) is 3. The first-order chi connectivity index (χ1) is 15.8. The molecule has 1 aromatic heterocycles. The number of hydrogen-bond acceptors (Lipinski definition) is 9. The molecule has 1 aromatic rings. The van der Waals surface area contributed by atoms with Crippen LogP contribution in [0.5, 0.6) is 0 Å². The molecule has 3 amide bonds. The highest BCUT2D eigenvalue weighted by atomic mass is 79.9. The van der Waals surface area contributed by atoms with Crippen molar-refractivity contribution in [2.45, 2.75) is 30.4 Å². The highest BCUT2D eigenvalue weighted by Crippen LogP contribution is 2.41. The minimum Gasteiger partial charge on any atom is -0.477 e. The van der Waals surface area contributed by atoms with E-state index in [1.54, 1.807) is 6.08 Å². The van der Waals surface area contributed by atoms with Crippen molar-refractivity contribution in [3.8, 4) is 0 Å². The molecule has 2 atom stereocenters. The van der Waals surface area contributed by atoms with Crippen LogP contribution in [-0.2, 0) is 24.0 Å². The number of allylic oxidation sites excluding steroid dienone is 1. The summed E-state index contributed by atoms with van der Waals surface area (Å²) in [5, 5.41) is 19.9. The molecule has 15 heteroatoms. The predicted octanol–water partition coefficient (Wildman–Crippen LogP) is 1.96. The fourth-order valence-electron chi connectivity index (χ4n) is 3.10. The van der Waals surface area contributed by atoms with Gasteiger partial charge in [-0.15, -0.1) is 23.1 Å². The van der Waals surface area contributed by atoms with Gasteiger partial charge in [0, 0.05) is 11.1 Å². The Morgan fingerprint density at radius 3 is 2.76 bits per heavy atom. The number of aromatic nitrogens is 1. The average molecular weight is 621 g/mol. The molecule has 3 N–H and O–H groups in total. The summed E-state index contributed by atoms with van der Waals surface area (Å²) in [6.07, 6.45) is 3.63. The molecule has 3 aliphatic rings. The summed E-state index contributed by atoms with van der Waals surface area (Å²) in [6, 6.07) is -0.938. The van der Waals surface area contributed by atoms with Crippen molar-refractivity contribution >= 4 is 90.0 Å². The number of carbonyl (C=O) groups is 4. The summed E-state index contributed by atoms with van der Waals surface area (Å²) in [7, 11) is 0. The number of β-lactam (4-membered cyclic amide) rings is 1. The summed E-state index contributed by atoms with van der Waals surface area (Å²) in [5.74, 6) is -2.13. The molecule has 0 spiro atoms. The van der Waals surface area contributed by atoms with Crippen molar-refractivity contribution in [2.75, 3.05) is 11.1 Å². The van der Waals surface area contributed by atoms with E-state index in [-0.39, 0.29) is 28.3 Å². The number of nitrogens with one attached hydrogen (secondary N) is 2. The standard InChI is InChI=1S/C18H15Br2N5O6S2/c19-10(20)3-7-4-32-16-12(15(28)25(16)13(7)17(29)30)23-14(27)11(24-31-8-1-2-8)9-5-33-18(22-9)21-6-26/h3,5-6,8,12,16H,1-2,4H2,(H,23,27)(H,29,30)(H,21,22,26)/b24-11-/t12-,16-/m1/s1. The van der Waals surface area contributed by atoms with Crippen LogP contribution in [0.15, 0.2) is 31.3 Å². The number of thioether (sulfide) groups is 1. The maximum atomic E-state index is 13.0. The molecule has 3 heterocycles. The second-order valence-electron chi connectivity index (χ2n) is 7.02. The van der Waals surface area contributed by atoms with E-state index < -0.39 is 29.2 Å². The van der Waals surface area contributed by atoms with Crippen LogP contribution in [-0.4, -0.2) is 68.2 Å². The van der Waals surface area contributed by atoms with Gasteiger partial charge in [0.05, 0.1) is 3.39 Å². The molecule has 0 unspecified atom stereocenters. The number of amides is 3. The Hall–Kier alpha value is -2.23. The van der Waals surface area contributed by atoms with Gasteiger partial charge in [-0.1, -0.05) is 5.16 Å². The first kappa shape index (κ1) is 23.9. The van der Waals surface area contributed by atoms with Crippen molar-refractivity contribution in [3.05, 3.63) is 31.8 Å². The first-order valence-electron chi connectivity index (χ1n) is 9.44. The zero-order valence-electron chi connectivity index (χ0n) is 16.5. The average Bonchev–Trinajstić information content (AvgIpc) is 3.48. The fourth-order valence-corrected chi connectivity index (χ4v) is 5.61. The molecule has 1 saturated heterocycles. The van der Waals surface area contributed by atoms with E-state index in [1.807, 2.05) is 0 Å². The summed E-state index contributed by atoms with van der Waals surface area (Å²) in [6.45, 7) is 0. The van der Waals surface area contributed by atoms with Crippen molar-refractivity contribution in [1.82, 2.24) is 15.2 Å². The van der Waals surface area contributed by atoms with Gasteiger partial charge in [0.15, 0.2) is 10.8 Å². The highest BCUT2D eigenvalue weighted by molar-refractivity contribution is 9.28. The molecule has 174 valence electrons. The monoisotopic (exact) mass is 619 g/mol. The second-order valence-corrected chi connectivity index (χ2v) is 11.8. The molecule has 0 bridgehead atoms. The smallest absolute Gasteiger partial charge is 0.352 e. The topological polar surface area (TPSA) is 150 Å². The van der Waals surface area contributed by atoms with Crippen LogP contribution in [0.1, 0.15) is 18.5 Å². The summed E-state index contributed by atoms with van der Waals surface area (Å²) in [5.41, 5.74) is 0.386. The minimum absolute atomic E-state index is 0.0720. The largest absolute Gasteiger partial charge is 0.477 e. The van der Waals surface area contributed by atoms with Crippen LogP contribution < -0.4 is 10.6 Å². The van der Waals surface area contributed by atoms with Crippen LogP contribution in [0.3, 0.4) is 0 Å². The normalized spacial score (nSPS) is 22.2. The molecule has 1 aliphatic carbocycles. The SMILES string of the molecule is O=CNc1nc(/C(=N/OC2CC2)C(=O)N[C@@H]2C(=O)N3C(C(=O)O)=C(C=C(Br)Br)CS[C@H]23)cs1. The van der Waals surface area contributed by atoms with Crippen LogP contribution in [0.25, 0.3) is 0 Å². The Balaban J connectivity index is 1.53. The minimum atomic E-state index is -1.23. The van der Waals surface area contributed by atoms with Gasteiger partial charge in [-0.2, -0.15) is 0 Å². The Morgan fingerprint density at radius 1 is 1.36 bits per heavy atom. The van der Waals surface area contributed by atoms with E-state index in [0.29, 0.717) is 21.1 Å². The Morgan fingerprint density at radius 2 is 2.12 bits per heavy atom. The van der Waals surface area contributed by atoms with Crippen LogP contribution in [0.4, 0.5) is 5.13 Å². The van der Waals surface area contributed by atoms with E-state index in [2.05, 4.69) is 52.6 Å². The lowest BCUT2D eigenvalue weighted by Crippen LogP contribution is -2.71. The predicted molar refractivity (Wildman–Crippen MR) is 128 cm³/mol. The first-order valence-corrected chi connectivity index (χ1v) is 13.0. The van der Waals surface area contributed by atoms with Gasteiger partial charge >= 0.3 is 5.97 Å². The van der Waals surface area contributed by atoms with Crippen LogP contribution in [0, 0.1) is 0 Å². The molecule has 0 aromatic carbocycles. The maximum absolute atomic E-state index is 13.0. The zero-order chi connectivity index (χ0) is 23.7. The highest BCUT2D eigenvalue weighted by Gasteiger charge is 2.54. The number of halogens is 2. The van der Waals surface area contributed by atoms with E-state index in [9.17, 15) is 24.3 Å². The molecule has 11 nitrogen and oxygen atoms in total. The number of rotatable bonds is 9. The summed E-state index contributed by atoms with van der Waals surface area (Å²) < 4.78 is 0.545. The fraction of sp³-hybridized carbons (Fsp3) is 0.333. The number of anilines is 1. The lowest BCUT2D eigenvalue weighted by molar-refractivity contribution is -0.150. The lowest BCUT2D eigenvalue weighted by Gasteiger charge is -2.49. The zero-order valence-corrected chi connectivity index (χ0v) is 21.3. The van der Waals surface area contributed by atoms with Crippen molar-refractivity contribution in [3.63, 3.8) is 0 Å². The van der Waals surface area contributed by atoms with Gasteiger partial charge in [0.2, 0.25) is 6.41 Å². The second kappa shape index (κ2) is 9.95. The molecule has 1 saturated carbocycles. The molecule has 4 rings (SSSR count). The molecular weight excluding hydrogens is 606 g/mol. The lowest BCUT2D eigenvalue weighted by atomic mass is 10.0. The Bertz CT molecular complexity index is 1110. The van der Waals surface area contributed by atoms with E-state index in [1.165, 1.54) is 22.0 Å². The maximum Gasteiger partial charge on any atom is 0.352 e. The van der Waals surface area contributed by atoms with Gasteiger partial charge in [0.1, 0.15) is 28.9 Å². The summed E-state index contributed by atoms with van der Waals surface area (Å²) >= 11 is 8.85. The van der Waals surface area contributed by atoms with Gasteiger partial charge in [0.25, 0.3) is 11.8 Å². The third-order valence-corrected chi connectivity index (χ3v) is 7.27. The number of fused-ring (bicyclic) bond motifs is 1. The molecule has 33 heavy (non-hydrogen) atoms. The van der Waals surface area contributed by atoms with Crippen molar-refractivity contribution in [2.24, 2.45) is 5.16 Å². The molecule has 2 fully saturated rings. The van der Waals surface area contributed by atoms with E-state index in [4.69, 9.17) is 4.84 Å². The van der Waals surface area contributed by atoms with Gasteiger partial charge in [-0.05, 0) is 56.4 Å².